The van der Waals surface area contributed by atoms with Gasteiger partial charge in [-0.05, 0) is 0 Å². The number of ether oxygens (including phenoxy) is 4. The van der Waals surface area contributed by atoms with Crippen molar-refractivity contribution in [2.75, 3.05) is 19.5 Å². The van der Waals surface area contributed by atoms with Gasteiger partial charge in [0, 0.05) is 33.1 Å². The number of rotatable bonds is 10. The standard InChI is InChI=1S/C20H33NO14S/c1-7(22)21-12-9(24)4-20(19(30)31,35-17(12)13(26)10(25)5-33-8(2)23)36-6-11-14(27)15(28)16(29)18(32-3)34-11/h9-18,24-29H,4-6H2,1-3H3,(H,21,22)(H,30,31)/t9?,10-,11?,12?,13-,14?,15?,16?,17?,18?,20?/m1/s1. The molecular formula is C20H33NO14S. The third-order valence-corrected chi connectivity index (χ3v) is 7.24. The van der Waals surface area contributed by atoms with Gasteiger partial charge in [-0.15, -0.1) is 11.8 Å². The number of methoxy groups -OCH3 is 1. The van der Waals surface area contributed by atoms with Gasteiger partial charge in [-0.3, -0.25) is 9.59 Å². The minimum Gasteiger partial charge on any atom is -0.478 e. The summed E-state index contributed by atoms with van der Waals surface area (Å²) >= 11 is 0.549. The number of aliphatic hydroxyl groups is 6. The Morgan fingerprint density at radius 2 is 1.75 bits per heavy atom. The molecule has 0 bridgehead atoms. The summed E-state index contributed by atoms with van der Waals surface area (Å²) in [5.74, 6) is -3.32. The number of nitrogens with one attached hydrogen (secondary N) is 1. The second-order valence-electron chi connectivity index (χ2n) is 8.56. The molecule has 1 amide bonds. The Morgan fingerprint density at radius 1 is 1.11 bits per heavy atom. The fraction of sp³-hybridized carbons (Fsp3) is 0.850. The first-order valence-electron chi connectivity index (χ1n) is 11.0. The van der Waals surface area contributed by atoms with Crippen molar-refractivity contribution in [1.82, 2.24) is 5.32 Å². The maximum Gasteiger partial charge on any atom is 0.346 e. The van der Waals surface area contributed by atoms with E-state index in [9.17, 15) is 50.1 Å². The highest BCUT2D eigenvalue weighted by Gasteiger charge is 2.56. The number of esters is 1. The molecule has 208 valence electrons. The Balaban J connectivity index is 2.29. The predicted octanol–water partition coefficient (Wildman–Crippen LogP) is -4.11. The third kappa shape index (κ3) is 7.03. The van der Waals surface area contributed by atoms with Gasteiger partial charge in [-0.25, -0.2) is 4.79 Å². The molecule has 2 heterocycles. The number of aliphatic carboxylic acids is 1. The van der Waals surface area contributed by atoms with Crippen LogP contribution in [0.25, 0.3) is 0 Å². The van der Waals surface area contributed by atoms with E-state index >= 15 is 0 Å². The Hall–Kier alpha value is -1.60. The van der Waals surface area contributed by atoms with Crippen LogP contribution < -0.4 is 5.32 Å². The molecule has 2 rings (SSSR count). The Morgan fingerprint density at radius 3 is 2.28 bits per heavy atom. The van der Waals surface area contributed by atoms with E-state index in [2.05, 4.69) is 10.1 Å². The van der Waals surface area contributed by atoms with E-state index in [1.54, 1.807) is 0 Å². The smallest absolute Gasteiger partial charge is 0.346 e. The fourth-order valence-electron chi connectivity index (χ4n) is 3.94. The largest absolute Gasteiger partial charge is 0.478 e. The van der Waals surface area contributed by atoms with Crippen molar-refractivity contribution >= 4 is 29.6 Å². The summed E-state index contributed by atoms with van der Waals surface area (Å²) in [4.78, 5) is 32.8. The van der Waals surface area contributed by atoms with Crippen LogP contribution in [0.1, 0.15) is 20.3 Å². The van der Waals surface area contributed by atoms with Crippen LogP contribution in [0.4, 0.5) is 0 Å². The third-order valence-electron chi connectivity index (χ3n) is 5.84. The highest BCUT2D eigenvalue weighted by molar-refractivity contribution is 8.01. The summed E-state index contributed by atoms with van der Waals surface area (Å²) in [6, 6.07) is -1.34. The zero-order valence-corrected chi connectivity index (χ0v) is 20.6. The minimum atomic E-state index is -2.27. The second-order valence-corrected chi connectivity index (χ2v) is 9.84. The molecule has 9 unspecified atom stereocenters. The topological polar surface area (TPSA) is 242 Å². The van der Waals surface area contributed by atoms with E-state index in [0.29, 0.717) is 11.8 Å². The molecule has 0 aromatic carbocycles. The molecule has 0 radical (unpaired) electrons. The van der Waals surface area contributed by atoms with E-state index in [1.807, 2.05) is 0 Å². The molecule has 15 nitrogen and oxygen atoms in total. The number of thioether (sulfide) groups is 1. The highest BCUT2D eigenvalue weighted by Crippen LogP contribution is 2.41. The average molecular weight is 544 g/mol. The van der Waals surface area contributed by atoms with Crippen molar-refractivity contribution in [3.05, 3.63) is 0 Å². The first kappa shape index (κ1) is 30.6. The second kappa shape index (κ2) is 12.8. The number of carboxylic acid groups (broad SMARTS) is 1. The quantitative estimate of drug-likeness (QED) is 0.122. The normalized spacial score (nSPS) is 38.6. The molecule has 8 N–H and O–H groups in total. The molecule has 11 atom stereocenters. The molecule has 0 spiro atoms. The molecule has 0 aromatic heterocycles. The molecule has 0 saturated carbocycles. The van der Waals surface area contributed by atoms with Crippen LogP contribution >= 0.6 is 11.8 Å². The van der Waals surface area contributed by atoms with Crippen molar-refractivity contribution in [1.29, 1.82) is 0 Å². The van der Waals surface area contributed by atoms with Crippen LogP contribution in [-0.4, -0.2) is 139 Å². The minimum absolute atomic E-state index is 0.340. The number of hydrogen-bond acceptors (Lipinski definition) is 14. The fourth-order valence-corrected chi connectivity index (χ4v) is 5.24. The number of carbonyl (C=O) groups is 3. The van der Waals surface area contributed by atoms with E-state index in [4.69, 9.17) is 14.2 Å². The lowest BCUT2D eigenvalue weighted by Gasteiger charge is -2.47. The van der Waals surface area contributed by atoms with Crippen LogP contribution in [0.2, 0.25) is 0 Å². The van der Waals surface area contributed by atoms with Gasteiger partial charge in [-0.2, -0.15) is 0 Å². The first-order valence-corrected chi connectivity index (χ1v) is 11.9. The van der Waals surface area contributed by atoms with Gasteiger partial charge in [0.15, 0.2) is 6.29 Å². The molecule has 16 heteroatoms. The van der Waals surface area contributed by atoms with Gasteiger partial charge in [0.05, 0.1) is 18.2 Å². The first-order chi connectivity index (χ1) is 16.7. The van der Waals surface area contributed by atoms with Crippen molar-refractivity contribution in [2.45, 2.75) is 86.4 Å². The maximum atomic E-state index is 12.3. The summed E-state index contributed by atoms with van der Waals surface area (Å²) in [5, 5.41) is 74.3. The Labute approximate surface area is 210 Å². The van der Waals surface area contributed by atoms with E-state index in [-0.39, 0.29) is 5.75 Å². The maximum absolute atomic E-state index is 12.3. The van der Waals surface area contributed by atoms with Crippen LogP contribution in [0.15, 0.2) is 0 Å². The number of carbonyl (C=O) groups excluding carboxylic acids is 2. The lowest BCUT2D eigenvalue weighted by Crippen LogP contribution is -2.66. The average Bonchev–Trinajstić information content (AvgIpc) is 2.81. The van der Waals surface area contributed by atoms with Crippen molar-refractivity contribution in [3.63, 3.8) is 0 Å². The van der Waals surface area contributed by atoms with Gasteiger partial charge < -0.3 is 60.0 Å². The van der Waals surface area contributed by atoms with Gasteiger partial charge in [0.25, 0.3) is 0 Å². The summed E-state index contributed by atoms with van der Waals surface area (Å²) in [6.07, 6.45) is -14.9. The zero-order chi connectivity index (χ0) is 27.4. The van der Waals surface area contributed by atoms with Gasteiger partial charge >= 0.3 is 11.9 Å². The molecule has 0 aliphatic carbocycles. The summed E-state index contributed by atoms with van der Waals surface area (Å²) in [7, 11) is 1.19. The van der Waals surface area contributed by atoms with E-state index in [0.717, 1.165) is 13.8 Å². The van der Waals surface area contributed by atoms with Crippen LogP contribution in [0, 0.1) is 0 Å². The van der Waals surface area contributed by atoms with E-state index < -0.39 is 97.0 Å². The van der Waals surface area contributed by atoms with Crippen LogP contribution in [0.3, 0.4) is 0 Å². The van der Waals surface area contributed by atoms with Crippen molar-refractivity contribution in [2.24, 2.45) is 0 Å². The SMILES string of the molecule is COC1OC(CSC2(C(=O)O)CC(O)C(NC(C)=O)C([C@H](O)[C@H](O)COC(C)=O)O2)C(O)C(O)C1O. The van der Waals surface area contributed by atoms with Crippen molar-refractivity contribution < 1.29 is 69.1 Å². The molecule has 2 fully saturated rings. The number of amides is 1. The molecule has 36 heavy (non-hydrogen) atoms. The summed E-state index contributed by atoms with van der Waals surface area (Å²) in [6.45, 7) is 1.51. The van der Waals surface area contributed by atoms with Crippen molar-refractivity contribution in [3.8, 4) is 0 Å². The highest BCUT2D eigenvalue weighted by atomic mass is 32.2. The lowest BCUT2D eigenvalue weighted by atomic mass is 9.89. The van der Waals surface area contributed by atoms with E-state index in [1.165, 1.54) is 7.11 Å². The van der Waals surface area contributed by atoms with Gasteiger partial charge in [-0.1, -0.05) is 0 Å². The molecule has 2 saturated heterocycles. The summed E-state index contributed by atoms with van der Waals surface area (Å²) in [5.41, 5.74) is 0. The lowest BCUT2D eigenvalue weighted by molar-refractivity contribution is -0.285. The number of carboxylic acids is 1. The molecule has 2 aliphatic rings. The Bertz CT molecular complexity index is 786. The predicted molar refractivity (Wildman–Crippen MR) is 118 cm³/mol. The zero-order valence-electron chi connectivity index (χ0n) is 19.8. The van der Waals surface area contributed by atoms with Crippen LogP contribution in [0.5, 0.6) is 0 Å². The van der Waals surface area contributed by atoms with Gasteiger partial charge in [0.1, 0.15) is 43.2 Å². The molecule has 2 aliphatic heterocycles. The van der Waals surface area contributed by atoms with Gasteiger partial charge in [0.2, 0.25) is 10.8 Å². The monoisotopic (exact) mass is 543 g/mol. The number of aliphatic hydroxyl groups excluding tert-OH is 6. The molecule has 0 aromatic rings. The summed E-state index contributed by atoms with van der Waals surface area (Å²) < 4.78 is 20.7. The number of hydrogen-bond donors (Lipinski definition) is 8. The molecular weight excluding hydrogens is 510 g/mol. The Kier molecular flexibility index (Phi) is 10.9. The van der Waals surface area contributed by atoms with Crippen LogP contribution in [-0.2, 0) is 33.3 Å².